The Hall–Kier alpha value is -4.18. The predicted octanol–water partition coefficient (Wildman–Crippen LogP) is 5.71. The smallest absolute Gasteiger partial charge is 0.133 e. The summed E-state index contributed by atoms with van der Waals surface area (Å²) in [6, 6.07) is 28.7. The summed E-state index contributed by atoms with van der Waals surface area (Å²) in [7, 11) is 0. The molecular weight excluding hydrogens is 444 g/mol. The lowest BCUT2D eigenvalue weighted by atomic mass is 9.75. The molecule has 0 amide bonds. The third-order valence-electron chi connectivity index (χ3n) is 7.91. The van der Waals surface area contributed by atoms with Crippen LogP contribution in [-0.2, 0) is 0 Å². The molecule has 5 aromatic carbocycles. The number of benzene rings is 5. The summed E-state index contributed by atoms with van der Waals surface area (Å²) in [6.45, 7) is 1.33. The summed E-state index contributed by atoms with van der Waals surface area (Å²) in [6.07, 6.45) is 1.80. The van der Waals surface area contributed by atoms with Crippen molar-refractivity contribution in [2.75, 3.05) is 13.1 Å². The van der Waals surface area contributed by atoms with Crippen molar-refractivity contribution >= 4 is 21.5 Å². The number of aromatic hydroxyl groups is 2. The first-order valence-electron chi connectivity index (χ1n) is 12.6. The Morgan fingerprint density at radius 3 is 1.33 bits per heavy atom. The van der Waals surface area contributed by atoms with Crippen LogP contribution in [0.1, 0.15) is 46.9 Å². The van der Waals surface area contributed by atoms with E-state index in [-0.39, 0.29) is 23.3 Å². The van der Waals surface area contributed by atoms with Crippen molar-refractivity contribution in [3.8, 4) is 11.5 Å². The van der Waals surface area contributed by atoms with Gasteiger partial charge in [-0.2, -0.15) is 0 Å². The molecule has 0 aliphatic carbocycles. The molecule has 0 saturated carbocycles. The average molecular weight is 471 g/mol. The minimum Gasteiger partial charge on any atom is -0.507 e. The van der Waals surface area contributed by atoms with Gasteiger partial charge in [-0.25, -0.2) is 0 Å². The third-order valence-corrected chi connectivity index (χ3v) is 7.91. The molecule has 0 radical (unpaired) electrons. The Labute approximate surface area is 208 Å². The summed E-state index contributed by atoms with van der Waals surface area (Å²) in [5.41, 5.74) is 4.80. The second-order valence-corrected chi connectivity index (χ2v) is 9.78. The minimum atomic E-state index is 0.143. The summed E-state index contributed by atoms with van der Waals surface area (Å²) < 4.78 is 0. The lowest BCUT2D eigenvalue weighted by Crippen LogP contribution is -2.34. The van der Waals surface area contributed by atoms with Crippen molar-refractivity contribution in [2.24, 2.45) is 9.98 Å². The molecule has 36 heavy (non-hydrogen) atoms. The molecule has 4 heteroatoms. The number of hydrogen-bond donors (Lipinski definition) is 2. The second-order valence-electron chi connectivity index (χ2n) is 9.78. The molecule has 2 N–H and O–H groups in total. The number of hydrogen-bond acceptors (Lipinski definition) is 4. The first-order valence-corrected chi connectivity index (χ1v) is 12.6. The van der Waals surface area contributed by atoms with Gasteiger partial charge in [0.1, 0.15) is 11.5 Å². The number of phenols is 2. The van der Waals surface area contributed by atoms with Gasteiger partial charge in [0, 0.05) is 35.7 Å². The number of rotatable bonds is 2. The van der Waals surface area contributed by atoms with E-state index in [1.807, 2.05) is 36.4 Å². The Balaban J connectivity index is 1.70. The minimum absolute atomic E-state index is 0.143. The SMILES string of the molecule is Oc1c2ccccc2c(O)c2c3c(c4c(c12)=NCC[C@H]4c1ccccc1)[C@H](c1ccccc1)CCN=3. The molecule has 5 aromatic rings. The number of fused-ring (bicyclic) bond motifs is 7. The van der Waals surface area contributed by atoms with Crippen LogP contribution in [0.2, 0.25) is 0 Å². The van der Waals surface area contributed by atoms with Gasteiger partial charge >= 0.3 is 0 Å². The van der Waals surface area contributed by atoms with E-state index in [4.69, 9.17) is 9.98 Å². The van der Waals surface area contributed by atoms with Gasteiger partial charge in [0.15, 0.2) is 0 Å². The maximum absolute atomic E-state index is 11.6. The fourth-order valence-corrected chi connectivity index (χ4v) is 6.36. The Morgan fingerprint density at radius 1 is 0.528 bits per heavy atom. The molecular formula is C32H26N2O2. The summed E-state index contributed by atoms with van der Waals surface area (Å²) in [5.74, 6) is 0.632. The number of phenolic OH excluding ortho intramolecular Hbond substituents is 2. The molecule has 176 valence electrons. The summed E-state index contributed by atoms with van der Waals surface area (Å²) in [5, 5.41) is 27.4. The monoisotopic (exact) mass is 470 g/mol. The highest BCUT2D eigenvalue weighted by Gasteiger charge is 2.33. The van der Waals surface area contributed by atoms with E-state index < -0.39 is 0 Å². The van der Waals surface area contributed by atoms with Gasteiger partial charge in [0.25, 0.3) is 0 Å². The lowest BCUT2D eigenvalue weighted by molar-refractivity contribution is 0.477. The van der Waals surface area contributed by atoms with Gasteiger partial charge < -0.3 is 10.2 Å². The molecule has 2 aliphatic rings. The molecule has 2 aliphatic heterocycles. The van der Waals surface area contributed by atoms with Gasteiger partial charge in [-0.1, -0.05) is 84.9 Å². The van der Waals surface area contributed by atoms with Crippen molar-refractivity contribution < 1.29 is 10.2 Å². The highest BCUT2D eigenvalue weighted by Crippen LogP contribution is 2.43. The largest absolute Gasteiger partial charge is 0.507 e. The zero-order valence-corrected chi connectivity index (χ0v) is 19.9. The van der Waals surface area contributed by atoms with Gasteiger partial charge in [0.05, 0.1) is 21.5 Å². The van der Waals surface area contributed by atoms with Crippen LogP contribution in [0.15, 0.2) is 94.9 Å². The maximum Gasteiger partial charge on any atom is 0.133 e. The summed E-state index contributed by atoms with van der Waals surface area (Å²) in [4.78, 5) is 10.1. The van der Waals surface area contributed by atoms with Crippen LogP contribution in [0.3, 0.4) is 0 Å². The number of nitrogens with zero attached hydrogens (tertiary/aromatic N) is 2. The maximum atomic E-state index is 11.6. The van der Waals surface area contributed by atoms with Crippen molar-refractivity contribution in [2.45, 2.75) is 24.7 Å². The second kappa shape index (κ2) is 8.20. The van der Waals surface area contributed by atoms with E-state index in [9.17, 15) is 10.2 Å². The normalized spacial score (nSPS) is 18.8. The van der Waals surface area contributed by atoms with Crippen molar-refractivity contribution in [3.05, 3.63) is 118 Å². The Morgan fingerprint density at radius 2 is 0.917 bits per heavy atom. The molecule has 0 fully saturated rings. The first kappa shape index (κ1) is 21.1. The van der Waals surface area contributed by atoms with Crippen LogP contribution in [-0.4, -0.2) is 23.3 Å². The van der Waals surface area contributed by atoms with Gasteiger partial charge in [-0.3, -0.25) is 9.98 Å². The van der Waals surface area contributed by atoms with Crippen LogP contribution in [0.25, 0.3) is 21.5 Å². The van der Waals surface area contributed by atoms with E-state index in [2.05, 4.69) is 48.5 Å². The average Bonchev–Trinajstić information content (AvgIpc) is 2.95. The Bertz CT molecular complexity index is 1630. The predicted molar refractivity (Wildman–Crippen MR) is 143 cm³/mol. The van der Waals surface area contributed by atoms with Gasteiger partial charge in [-0.05, 0) is 35.1 Å². The van der Waals surface area contributed by atoms with E-state index in [1.54, 1.807) is 0 Å². The van der Waals surface area contributed by atoms with Crippen LogP contribution in [0.4, 0.5) is 0 Å². The molecule has 0 saturated heterocycles. The molecule has 7 rings (SSSR count). The van der Waals surface area contributed by atoms with Crippen molar-refractivity contribution in [3.63, 3.8) is 0 Å². The quantitative estimate of drug-likeness (QED) is 0.256. The van der Waals surface area contributed by atoms with Crippen LogP contribution in [0, 0.1) is 0 Å². The fourth-order valence-electron chi connectivity index (χ4n) is 6.36. The van der Waals surface area contributed by atoms with E-state index in [0.29, 0.717) is 34.6 Å². The standard InChI is InChI=1S/C32H26N2O2/c35-31-23-13-7-8-14-24(23)32(36)28-27(31)29-25(21(15-17-33-29)19-9-3-1-4-10-19)26-22(16-18-34-30(26)28)20-11-5-2-6-12-20/h1-14,21-22,35-36H,15-18H2/t21-,22-/m0/s1. The molecule has 4 nitrogen and oxygen atoms in total. The topological polar surface area (TPSA) is 65.2 Å². The third kappa shape index (κ3) is 3.00. The van der Waals surface area contributed by atoms with Crippen LogP contribution in [0.5, 0.6) is 11.5 Å². The zero-order valence-electron chi connectivity index (χ0n) is 19.9. The molecule has 0 aromatic heterocycles. The van der Waals surface area contributed by atoms with Gasteiger partial charge in [0.2, 0.25) is 0 Å². The lowest BCUT2D eigenvalue weighted by Gasteiger charge is -2.31. The molecule has 2 heterocycles. The van der Waals surface area contributed by atoms with E-state index >= 15 is 0 Å². The summed E-state index contributed by atoms with van der Waals surface area (Å²) >= 11 is 0. The van der Waals surface area contributed by atoms with E-state index in [0.717, 1.165) is 34.7 Å². The first-order chi connectivity index (χ1) is 17.7. The van der Waals surface area contributed by atoms with Crippen molar-refractivity contribution in [1.82, 2.24) is 0 Å². The Kier molecular flexibility index (Phi) is 4.81. The molecule has 0 bridgehead atoms. The van der Waals surface area contributed by atoms with E-state index in [1.165, 1.54) is 11.1 Å². The van der Waals surface area contributed by atoms with Crippen LogP contribution < -0.4 is 10.7 Å². The van der Waals surface area contributed by atoms with Crippen molar-refractivity contribution in [1.29, 1.82) is 0 Å². The highest BCUT2D eigenvalue weighted by molar-refractivity contribution is 6.10. The fraction of sp³-hybridized carbons (Fsp3) is 0.188. The molecule has 0 unspecified atom stereocenters. The van der Waals surface area contributed by atoms with Gasteiger partial charge in [-0.15, -0.1) is 0 Å². The molecule has 0 spiro atoms. The molecule has 2 atom stereocenters. The van der Waals surface area contributed by atoms with Crippen LogP contribution >= 0.6 is 0 Å². The highest BCUT2D eigenvalue weighted by atomic mass is 16.3. The zero-order chi connectivity index (χ0) is 24.2.